The first-order chi connectivity index (χ1) is 12.6. The van der Waals surface area contributed by atoms with Crippen LogP contribution in [0.25, 0.3) is 0 Å². The number of nitrogens with one attached hydrogen (secondary N) is 2. The van der Waals surface area contributed by atoms with Crippen LogP contribution >= 0.6 is 12.6 Å². The maximum atomic E-state index is 12.6. The summed E-state index contributed by atoms with van der Waals surface area (Å²) in [6.07, 6.45) is -0.631. The summed E-state index contributed by atoms with van der Waals surface area (Å²) in [5.74, 6) is -1.10. The Morgan fingerprint density at radius 3 is 2.19 bits per heavy atom. The summed E-state index contributed by atoms with van der Waals surface area (Å²) in [7, 11) is 1.21. The second kappa shape index (κ2) is 10.1. The molecule has 0 aliphatic heterocycles. The lowest BCUT2D eigenvalue weighted by molar-refractivity contribution is -0.144. The highest BCUT2D eigenvalue weighted by molar-refractivity contribution is 7.80. The smallest absolute Gasteiger partial charge is 0.408 e. The number of hydrogen-bond donors (Lipinski definition) is 4. The van der Waals surface area contributed by atoms with Crippen LogP contribution in [0.5, 0.6) is 5.75 Å². The van der Waals surface area contributed by atoms with Crippen molar-refractivity contribution in [3.63, 3.8) is 0 Å². The van der Waals surface area contributed by atoms with E-state index in [1.807, 2.05) is 0 Å². The summed E-state index contributed by atoms with van der Waals surface area (Å²) in [6.45, 7) is 5.11. The third-order valence-electron chi connectivity index (χ3n) is 3.37. The van der Waals surface area contributed by atoms with E-state index in [0.717, 1.165) is 0 Å². The maximum absolute atomic E-state index is 12.6. The number of aromatic hydroxyl groups is 1. The summed E-state index contributed by atoms with van der Waals surface area (Å²) < 4.78 is 9.82. The molecule has 1 aromatic carbocycles. The molecule has 0 fully saturated rings. The van der Waals surface area contributed by atoms with Crippen molar-refractivity contribution in [1.82, 2.24) is 10.6 Å². The molecule has 0 saturated carbocycles. The van der Waals surface area contributed by atoms with Crippen LogP contribution < -0.4 is 10.6 Å². The quantitative estimate of drug-likeness (QED) is 0.408. The van der Waals surface area contributed by atoms with Crippen molar-refractivity contribution in [2.75, 3.05) is 12.9 Å². The molecule has 0 aliphatic carbocycles. The van der Waals surface area contributed by atoms with Gasteiger partial charge in [-0.2, -0.15) is 12.6 Å². The molecule has 2 atom stereocenters. The van der Waals surface area contributed by atoms with Crippen LogP contribution in [0, 0.1) is 0 Å². The fourth-order valence-electron chi connectivity index (χ4n) is 2.12. The minimum Gasteiger partial charge on any atom is -0.508 e. The standard InChI is InChI=1S/C18H26N2O6S/c1-18(2,3)26-17(24)20-13(9-11-5-7-12(21)8-6-11)15(22)19-14(10-27)16(23)25-4/h5-8,13-14,21,27H,9-10H2,1-4H3,(H,19,22)(H,20,24)/t13-,14-/m0/s1. The second-order valence-corrected chi connectivity index (χ2v) is 7.20. The Morgan fingerprint density at radius 1 is 1.11 bits per heavy atom. The summed E-state index contributed by atoms with van der Waals surface area (Å²) in [6, 6.07) is 4.25. The largest absolute Gasteiger partial charge is 0.508 e. The fourth-order valence-corrected chi connectivity index (χ4v) is 2.36. The van der Waals surface area contributed by atoms with Crippen molar-refractivity contribution in [1.29, 1.82) is 0 Å². The number of benzene rings is 1. The number of hydrogen-bond acceptors (Lipinski definition) is 7. The van der Waals surface area contributed by atoms with Crippen LogP contribution in [0.4, 0.5) is 4.79 Å². The number of amides is 2. The van der Waals surface area contributed by atoms with Crippen LogP contribution in [0.2, 0.25) is 0 Å². The van der Waals surface area contributed by atoms with Gasteiger partial charge < -0.3 is 25.2 Å². The van der Waals surface area contributed by atoms with E-state index in [1.54, 1.807) is 32.9 Å². The van der Waals surface area contributed by atoms with Gasteiger partial charge in [0.15, 0.2) is 0 Å². The van der Waals surface area contributed by atoms with Gasteiger partial charge >= 0.3 is 12.1 Å². The zero-order valence-electron chi connectivity index (χ0n) is 15.8. The molecule has 150 valence electrons. The van der Waals surface area contributed by atoms with Gasteiger partial charge in [0, 0.05) is 12.2 Å². The number of thiol groups is 1. The van der Waals surface area contributed by atoms with Crippen molar-refractivity contribution < 1.29 is 29.0 Å². The molecular weight excluding hydrogens is 372 g/mol. The third kappa shape index (κ3) is 8.21. The van der Waals surface area contributed by atoms with E-state index in [1.165, 1.54) is 19.2 Å². The molecule has 1 rings (SSSR count). The summed E-state index contributed by atoms with van der Waals surface area (Å²) in [5, 5.41) is 14.4. The van der Waals surface area contributed by atoms with Gasteiger partial charge in [0.2, 0.25) is 5.91 Å². The zero-order valence-corrected chi connectivity index (χ0v) is 16.7. The Hall–Kier alpha value is -2.42. The number of phenolic OH excluding ortho intramolecular Hbond substituents is 1. The molecule has 0 aromatic heterocycles. The molecule has 9 heteroatoms. The molecule has 0 aliphatic rings. The average Bonchev–Trinajstić information content (AvgIpc) is 2.58. The molecule has 8 nitrogen and oxygen atoms in total. The highest BCUT2D eigenvalue weighted by Gasteiger charge is 2.28. The first-order valence-electron chi connectivity index (χ1n) is 8.32. The Bertz CT molecular complexity index is 657. The van der Waals surface area contributed by atoms with Crippen molar-refractivity contribution in [2.24, 2.45) is 0 Å². The van der Waals surface area contributed by atoms with E-state index >= 15 is 0 Å². The van der Waals surface area contributed by atoms with Crippen molar-refractivity contribution in [3.05, 3.63) is 29.8 Å². The van der Waals surface area contributed by atoms with E-state index < -0.39 is 35.7 Å². The topological polar surface area (TPSA) is 114 Å². The number of phenols is 1. The molecule has 0 spiro atoms. The number of ether oxygens (including phenoxy) is 2. The molecule has 27 heavy (non-hydrogen) atoms. The van der Waals surface area contributed by atoms with Crippen LogP contribution in [0.15, 0.2) is 24.3 Å². The lowest BCUT2D eigenvalue weighted by atomic mass is 10.0. The first kappa shape index (κ1) is 22.6. The molecule has 3 N–H and O–H groups in total. The van der Waals surface area contributed by atoms with E-state index in [9.17, 15) is 19.5 Å². The Kier molecular flexibility index (Phi) is 8.42. The normalized spacial score (nSPS) is 13.2. The molecule has 0 saturated heterocycles. The Labute approximate surface area is 164 Å². The minimum atomic E-state index is -1.00. The highest BCUT2D eigenvalue weighted by atomic mass is 32.1. The maximum Gasteiger partial charge on any atom is 0.408 e. The van der Waals surface area contributed by atoms with Crippen molar-refractivity contribution >= 4 is 30.6 Å². The van der Waals surface area contributed by atoms with Gasteiger partial charge in [-0.05, 0) is 38.5 Å². The molecule has 1 aromatic rings. The summed E-state index contributed by atoms with van der Waals surface area (Å²) in [5.41, 5.74) is -0.0342. The predicted octanol–water partition coefficient (Wildman–Crippen LogP) is 1.42. The van der Waals surface area contributed by atoms with Gasteiger partial charge in [-0.1, -0.05) is 12.1 Å². The second-order valence-electron chi connectivity index (χ2n) is 6.84. The molecular formula is C18H26N2O6S. The van der Waals surface area contributed by atoms with Crippen molar-refractivity contribution in [3.8, 4) is 5.75 Å². The van der Waals surface area contributed by atoms with Gasteiger partial charge in [0.05, 0.1) is 7.11 Å². The van der Waals surface area contributed by atoms with Gasteiger partial charge in [-0.25, -0.2) is 9.59 Å². The molecule has 0 unspecified atom stereocenters. The SMILES string of the molecule is COC(=O)[C@H](CS)NC(=O)[C@H](Cc1ccc(O)cc1)NC(=O)OC(C)(C)C. The van der Waals surface area contributed by atoms with E-state index in [2.05, 4.69) is 28.0 Å². The first-order valence-corrected chi connectivity index (χ1v) is 8.95. The predicted molar refractivity (Wildman–Crippen MR) is 103 cm³/mol. The Balaban J connectivity index is 2.94. The molecule has 0 heterocycles. The van der Waals surface area contributed by atoms with E-state index in [0.29, 0.717) is 5.56 Å². The number of rotatable bonds is 7. The number of methoxy groups -OCH3 is 1. The number of carbonyl (C=O) groups is 3. The minimum absolute atomic E-state index is 0.0385. The van der Waals surface area contributed by atoms with Crippen LogP contribution in [-0.4, -0.2) is 53.6 Å². The van der Waals surface area contributed by atoms with Crippen molar-refractivity contribution in [2.45, 2.75) is 44.9 Å². The number of esters is 1. The van der Waals surface area contributed by atoms with Gasteiger partial charge in [-0.15, -0.1) is 0 Å². The molecule has 2 amide bonds. The third-order valence-corrected chi connectivity index (χ3v) is 3.73. The summed E-state index contributed by atoms with van der Waals surface area (Å²) >= 11 is 4.03. The zero-order chi connectivity index (χ0) is 20.6. The lowest BCUT2D eigenvalue weighted by Crippen LogP contribution is -2.53. The lowest BCUT2D eigenvalue weighted by Gasteiger charge is -2.24. The highest BCUT2D eigenvalue weighted by Crippen LogP contribution is 2.13. The average molecular weight is 398 g/mol. The monoisotopic (exact) mass is 398 g/mol. The van der Waals surface area contributed by atoms with Crippen LogP contribution in [0.3, 0.4) is 0 Å². The van der Waals surface area contributed by atoms with Gasteiger partial charge in [0.25, 0.3) is 0 Å². The van der Waals surface area contributed by atoms with E-state index in [4.69, 9.17) is 4.74 Å². The molecule has 0 bridgehead atoms. The van der Waals surface area contributed by atoms with Crippen LogP contribution in [-0.2, 0) is 25.5 Å². The molecule has 0 radical (unpaired) electrons. The number of alkyl carbamates (subject to hydrolysis) is 1. The van der Waals surface area contributed by atoms with E-state index in [-0.39, 0.29) is 17.9 Å². The fraction of sp³-hybridized carbons (Fsp3) is 0.500. The van der Waals surface area contributed by atoms with Crippen LogP contribution in [0.1, 0.15) is 26.3 Å². The van der Waals surface area contributed by atoms with Gasteiger partial charge in [-0.3, -0.25) is 4.79 Å². The summed E-state index contributed by atoms with van der Waals surface area (Å²) in [4.78, 5) is 36.4. The Morgan fingerprint density at radius 2 is 1.70 bits per heavy atom. The number of carbonyl (C=O) groups excluding carboxylic acids is 3. The van der Waals surface area contributed by atoms with Gasteiger partial charge in [0.1, 0.15) is 23.4 Å².